The first-order valence-electron chi connectivity index (χ1n) is 13.2. The summed E-state index contributed by atoms with van der Waals surface area (Å²) in [5.41, 5.74) is 2.80. The van der Waals surface area contributed by atoms with Crippen LogP contribution in [-0.4, -0.2) is 61.1 Å². The summed E-state index contributed by atoms with van der Waals surface area (Å²) in [6.45, 7) is 3.07. The van der Waals surface area contributed by atoms with Gasteiger partial charge in [-0.3, -0.25) is 4.79 Å². The van der Waals surface area contributed by atoms with Crippen molar-refractivity contribution in [3.63, 3.8) is 0 Å². The van der Waals surface area contributed by atoms with Crippen LogP contribution in [0.4, 0.5) is 0 Å². The molecule has 3 saturated carbocycles. The van der Waals surface area contributed by atoms with Crippen LogP contribution in [0.2, 0.25) is 0 Å². The minimum absolute atomic E-state index is 0.0179. The van der Waals surface area contributed by atoms with E-state index in [1.54, 1.807) is 0 Å². The molecule has 0 N–H and O–H groups in total. The molecule has 6 rings (SSSR count). The van der Waals surface area contributed by atoms with Crippen LogP contribution in [0.5, 0.6) is 0 Å². The van der Waals surface area contributed by atoms with E-state index >= 15 is 0 Å². The van der Waals surface area contributed by atoms with Gasteiger partial charge in [-0.1, -0.05) is 67.1 Å². The van der Waals surface area contributed by atoms with Crippen molar-refractivity contribution in [1.82, 2.24) is 9.80 Å². The van der Waals surface area contributed by atoms with Crippen LogP contribution in [0.3, 0.4) is 0 Å². The van der Waals surface area contributed by atoms with Crippen molar-refractivity contribution in [1.29, 1.82) is 0 Å². The van der Waals surface area contributed by atoms with E-state index in [-0.39, 0.29) is 17.6 Å². The molecular weight excluding hydrogens is 420 g/mol. The van der Waals surface area contributed by atoms with Gasteiger partial charge >= 0.3 is 5.97 Å². The highest BCUT2D eigenvalue weighted by molar-refractivity contribution is 5.70. The molecule has 4 heteroatoms. The van der Waals surface area contributed by atoms with Crippen LogP contribution in [0.15, 0.2) is 60.7 Å². The molecule has 3 atom stereocenters. The van der Waals surface area contributed by atoms with Crippen LogP contribution in [-0.2, 0) is 9.53 Å². The maximum atomic E-state index is 13.1. The van der Waals surface area contributed by atoms with Gasteiger partial charge in [0.2, 0.25) is 0 Å². The van der Waals surface area contributed by atoms with Crippen molar-refractivity contribution in [2.75, 3.05) is 33.7 Å². The van der Waals surface area contributed by atoms with Gasteiger partial charge in [0.25, 0.3) is 0 Å². The number of nitrogens with zero attached hydrogens (tertiary/aromatic N) is 2. The van der Waals surface area contributed by atoms with E-state index in [9.17, 15) is 4.79 Å². The van der Waals surface area contributed by atoms with Gasteiger partial charge in [-0.15, -0.1) is 0 Å². The second-order valence-electron chi connectivity index (χ2n) is 11.0. The quantitative estimate of drug-likeness (QED) is 0.514. The lowest BCUT2D eigenvalue weighted by atomic mass is 9.52. The molecule has 1 heterocycles. The van der Waals surface area contributed by atoms with Crippen LogP contribution < -0.4 is 0 Å². The number of esters is 1. The van der Waals surface area contributed by atoms with E-state index < -0.39 is 0 Å². The Bertz CT molecular complexity index is 889. The number of rotatable bonds is 7. The monoisotopic (exact) mass is 460 g/mol. The predicted octanol–water partition coefficient (Wildman–Crippen LogP) is 5.46. The van der Waals surface area contributed by atoms with Gasteiger partial charge in [-0.25, -0.2) is 0 Å². The lowest BCUT2D eigenvalue weighted by Gasteiger charge is -2.60. The summed E-state index contributed by atoms with van der Waals surface area (Å²) in [5, 5.41) is 0. The van der Waals surface area contributed by atoms with Gasteiger partial charge in [-0.05, 0) is 75.8 Å². The Labute approximate surface area is 205 Å². The lowest BCUT2D eigenvalue weighted by molar-refractivity contribution is -0.167. The molecule has 2 aromatic carbocycles. The third-order valence-electron chi connectivity index (χ3n) is 8.91. The number of carbonyl (C=O) groups excluding carboxylic acids is 1. The van der Waals surface area contributed by atoms with Crippen LogP contribution in [0, 0.1) is 5.92 Å². The average Bonchev–Trinajstić information content (AvgIpc) is 2.89. The van der Waals surface area contributed by atoms with Crippen LogP contribution in [0.1, 0.15) is 67.9 Å². The van der Waals surface area contributed by atoms with Crippen molar-refractivity contribution in [3.8, 4) is 0 Å². The van der Waals surface area contributed by atoms with E-state index in [4.69, 9.17) is 4.74 Å². The molecule has 3 aliphatic carbocycles. The average molecular weight is 461 g/mol. The molecule has 0 radical (unpaired) electrons. The van der Waals surface area contributed by atoms with Crippen LogP contribution >= 0.6 is 0 Å². The highest BCUT2D eigenvalue weighted by atomic mass is 16.5. The van der Waals surface area contributed by atoms with Gasteiger partial charge in [0, 0.05) is 24.4 Å². The maximum absolute atomic E-state index is 13.1. The molecule has 34 heavy (non-hydrogen) atoms. The summed E-state index contributed by atoms with van der Waals surface area (Å²) in [4.78, 5) is 18.0. The SMILES string of the molecule is CN(C)C12C[C@H](OC(=O)CCN3CCCCC3)C([C@H](c3ccccc3)C1)[C@H](c1ccccc1)C2. The number of hydrogen-bond acceptors (Lipinski definition) is 4. The fraction of sp³-hybridized carbons (Fsp3) is 0.567. The molecule has 1 aliphatic heterocycles. The maximum Gasteiger partial charge on any atom is 0.307 e. The lowest BCUT2D eigenvalue weighted by Crippen LogP contribution is -2.61. The van der Waals surface area contributed by atoms with Gasteiger partial charge in [0.05, 0.1) is 6.42 Å². The molecule has 2 aromatic rings. The molecule has 4 fully saturated rings. The molecule has 0 aromatic heterocycles. The number of piperidine rings is 1. The second kappa shape index (κ2) is 10.2. The van der Waals surface area contributed by atoms with E-state index in [0.29, 0.717) is 24.2 Å². The van der Waals surface area contributed by atoms with Crippen molar-refractivity contribution in [2.45, 2.75) is 68.4 Å². The predicted molar refractivity (Wildman–Crippen MR) is 137 cm³/mol. The Morgan fingerprint density at radius 2 is 1.44 bits per heavy atom. The number of ether oxygens (including phenoxy) is 1. The minimum atomic E-state index is -0.0471. The molecule has 4 aliphatic rings. The first kappa shape index (κ1) is 23.6. The number of benzene rings is 2. The number of likely N-dealkylation sites (tertiary alicyclic amines) is 1. The van der Waals surface area contributed by atoms with Gasteiger partial charge in [-0.2, -0.15) is 0 Å². The van der Waals surface area contributed by atoms with E-state index in [2.05, 4.69) is 84.6 Å². The zero-order chi connectivity index (χ0) is 23.5. The van der Waals surface area contributed by atoms with E-state index in [0.717, 1.165) is 38.9 Å². The van der Waals surface area contributed by atoms with E-state index in [1.807, 2.05) is 0 Å². The molecule has 2 bridgehead atoms. The smallest absolute Gasteiger partial charge is 0.307 e. The molecule has 0 amide bonds. The van der Waals surface area contributed by atoms with Crippen molar-refractivity contribution >= 4 is 5.97 Å². The second-order valence-corrected chi connectivity index (χ2v) is 11.0. The number of fused-ring (bicyclic) bond motifs is 3. The summed E-state index contributed by atoms with van der Waals surface area (Å²) in [6, 6.07) is 21.9. The Morgan fingerprint density at radius 1 is 0.882 bits per heavy atom. The Kier molecular flexibility index (Phi) is 7.08. The molecule has 0 unspecified atom stereocenters. The third kappa shape index (κ3) is 4.81. The molecule has 1 saturated heterocycles. The summed E-state index contributed by atoms with van der Waals surface area (Å²) >= 11 is 0. The Morgan fingerprint density at radius 3 is 1.97 bits per heavy atom. The molecule has 182 valence electrons. The summed E-state index contributed by atoms with van der Waals surface area (Å²) in [5.74, 6) is 1.06. The zero-order valence-electron chi connectivity index (χ0n) is 20.9. The number of carbonyl (C=O) groups is 1. The minimum Gasteiger partial charge on any atom is -0.462 e. The third-order valence-corrected chi connectivity index (χ3v) is 8.91. The van der Waals surface area contributed by atoms with Crippen molar-refractivity contribution < 1.29 is 9.53 Å². The van der Waals surface area contributed by atoms with Crippen LogP contribution in [0.25, 0.3) is 0 Å². The van der Waals surface area contributed by atoms with Gasteiger partial charge < -0.3 is 14.5 Å². The summed E-state index contributed by atoms with van der Waals surface area (Å²) in [6.07, 6.45) is 7.47. The Balaban J connectivity index is 1.42. The number of hydrogen-bond donors (Lipinski definition) is 0. The highest BCUT2D eigenvalue weighted by Crippen LogP contribution is 2.60. The largest absolute Gasteiger partial charge is 0.462 e. The summed E-state index contributed by atoms with van der Waals surface area (Å²) in [7, 11) is 4.43. The first-order valence-corrected chi connectivity index (χ1v) is 13.2. The topological polar surface area (TPSA) is 32.8 Å². The highest BCUT2D eigenvalue weighted by Gasteiger charge is 2.58. The van der Waals surface area contributed by atoms with E-state index in [1.165, 1.54) is 30.4 Å². The zero-order valence-corrected chi connectivity index (χ0v) is 20.9. The Hall–Kier alpha value is -2.17. The molecular formula is C30H40N2O2. The van der Waals surface area contributed by atoms with Gasteiger partial charge in [0.15, 0.2) is 0 Å². The first-order chi connectivity index (χ1) is 16.6. The summed E-state index contributed by atoms with van der Waals surface area (Å²) < 4.78 is 6.40. The van der Waals surface area contributed by atoms with Crippen molar-refractivity contribution in [3.05, 3.63) is 71.8 Å². The fourth-order valence-electron chi connectivity index (χ4n) is 7.06. The fourth-order valence-corrected chi connectivity index (χ4v) is 7.06. The van der Waals surface area contributed by atoms with Crippen molar-refractivity contribution in [2.24, 2.45) is 5.92 Å². The standard InChI is InChI=1S/C30H40N2O2/c1-31(2)30-20-25(23-12-6-3-7-13-23)29(26(21-30)24-14-8-4-9-15-24)27(22-30)34-28(33)16-19-32-17-10-5-11-18-32/h3-4,6-9,12-15,25-27,29H,5,10-11,16-22H2,1-2H3/t25-,26-,27-,29?,30?/m0/s1. The molecule has 4 nitrogen and oxygen atoms in total. The normalized spacial score (nSPS) is 31.5. The van der Waals surface area contributed by atoms with Gasteiger partial charge in [0.1, 0.15) is 6.10 Å². The molecule has 0 spiro atoms.